The van der Waals surface area contributed by atoms with E-state index in [1.54, 1.807) is 31.5 Å². The molecule has 1 aromatic heterocycles. The molecule has 180 valence electrons. The molecule has 1 aromatic carbocycles. The number of hydrogen-bond acceptors (Lipinski definition) is 5. The molecule has 8 nitrogen and oxygen atoms in total. The first-order valence-corrected chi connectivity index (χ1v) is 12.0. The van der Waals surface area contributed by atoms with Crippen LogP contribution in [0, 0.1) is 11.8 Å². The van der Waals surface area contributed by atoms with Crippen LogP contribution >= 0.6 is 0 Å². The van der Waals surface area contributed by atoms with Crippen LogP contribution in [0.25, 0.3) is 11.6 Å². The van der Waals surface area contributed by atoms with Crippen LogP contribution in [-0.4, -0.2) is 72.3 Å². The molecular weight excluding hydrogens is 442 g/mol. The number of rotatable bonds is 6. The Labute approximate surface area is 204 Å². The Balaban J connectivity index is 1.26. The first-order valence-electron chi connectivity index (χ1n) is 12.0. The van der Waals surface area contributed by atoms with Gasteiger partial charge in [0.25, 0.3) is 5.91 Å². The Morgan fingerprint density at radius 1 is 1.23 bits per heavy atom. The van der Waals surface area contributed by atoms with Gasteiger partial charge in [-0.05, 0) is 54.1 Å². The summed E-state index contributed by atoms with van der Waals surface area (Å²) in [5.41, 5.74) is 3.61. The minimum atomic E-state index is -0.275. The van der Waals surface area contributed by atoms with Crippen molar-refractivity contribution in [2.45, 2.75) is 6.42 Å². The van der Waals surface area contributed by atoms with Crippen molar-refractivity contribution >= 4 is 35.2 Å². The van der Waals surface area contributed by atoms with Gasteiger partial charge in [-0.15, -0.1) is 0 Å². The summed E-state index contributed by atoms with van der Waals surface area (Å²) in [6.07, 6.45) is 8.12. The summed E-state index contributed by atoms with van der Waals surface area (Å²) < 4.78 is 0. The molecule has 0 spiro atoms. The molecule has 0 saturated carbocycles. The summed E-state index contributed by atoms with van der Waals surface area (Å²) in [6, 6.07) is 12.1. The molecule has 2 N–H and O–H groups in total. The van der Waals surface area contributed by atoms with Gasteiger partial charge in [0.1, 0.15) is 12.4 Å². The number of anilines is 1. The number of amides is 3. The van der Waals surface area contributed by atoms with Crippen LogP contribution in [0.3, 0.4) is 0 Å². The number of hydrogen-bond donors (Lipinski definition) is 2. The minimum absolute atomic E-state index is 0.0156. The van der Waals surface area contributed by atoms with E-state index in [-0.39, 0.29) is 30.1 Å². The fourth-order valence-electron chi connectivity index (χ4n) is 5.08. The molecule has 3 heterocycles. The zero-order valence-corrected chi connectivity index (χ0v) is 19.7. The number of nitrogens with one attached hydrogen (secondary N) is 2. The van der Waals surface area contributed by atoms with Crippen molar-refractivity contribution in [2.75, 3.05) is 45.1 Å². The molecule has 3 aliphatic rings. The molecule has 35 heavy (non-hydrogen) atoms. The van der Waals surface area contributed by atoms with Crippen molar-refractivity contribution in [1.29, 1.82) is 0 Å². The molecule has 2 atom stereocenters. The lowest BCUT2D eigenvalue weighted by atomic mass is 9.98. The van der Waals surface area contributed by atoms with E-state index in [0.29, 0.717) is 36.1 Å². The van der Waals surface area contributed by atoms with Crippen molar-refractivity contribution in [3.63, 3.8) is 0 Å². The second-order valence-electron chi connectivity index (χ2n) is 9.31. The van der Waals surface area contributed by atoms with Crippen molar-refractivity contribution in [1.82, 2.24) is 20.1 Å². The molecule has 0 radical (unpaired) electrons. The van der Waals surface area contributed by atoms with Crippen molar-refractivity contribution < 1.29 is 14.4 Å². The molecule has 1 aliphatic carbocycles. The number of likely N-dealkylation sites (N-methyl/N-ethyl adjacent to an activating group) is 1. The second-order valence-corrected chi connectivity index (χ2v) is 9.31. The Morgan fingerprint density at radius 2 is 2.06 bits per heavy atom. The Hall–Kier alpha value is -3.78. The number of allylic oxidation sites excluding steroid dienone is 1. The quantitative estimate of drug-likeness (QED) is 0.631. The monoisotopic (exact) mass is 471 g/mol. The number of likely N-dealkylation sites (tertiary alicyclic amines) is 1. The first kappa shape index (κ1) is 23.0. The van der Waals surface area contributed by atoms with Crippen LogP contribution in [0.15, 0.2) is 54.7 Å². The number of pyridine rings is 1. The van der Waals surface area contributed by atoms with Gasteiger partial charge in [-0.25, -0.2) is 4.98 Å². The van der Waals surface area contributed by atoms with Gasteiger partial charge in [0, 0.05) is 38.5 Å². The predicted octanol–water partition coefficient (Wildman–Crippen LogP) is 2.27. The summed E-state index contributed by atoms with van der Waals surface area (Å²) in [5.74, 6) is 0.533. The van der Waals surface area contributed by atoms with E-state index in [4.69, 9.17) is 0 Å². The maximum absolute atomic E-state index is 13.0. The zero-order valence-electron chi connectivity index (χ0n) is 19.7. The molecule has 1 saturated heterocycles. The van der Waals surface area contributed by atoms with Crippen LogP contribution < -0.4 is 10.6 Å². The highest BCUT2D eigenvalue weighted by Crippen LogP contribution is 2.40. The molecule has 1 fully saturated rings. The first-order chi connectivity index (χ1) is 17.0. The third-order valence-corrected chi connectivity index (χ3v) is 6.91. The van der Waals surface area contributed by atoms with Gasteiger partial charge in [-0.1, -0.05) is 36.4 Å². The number of nitrogens with zero attached hydrogens (tertiary/aromatic N) is 3. The zero-order chi connectivity index (χ0) is 24.4. The van der Waals surface area contributed by atoms with Gasteiger partial charge in [-0.3, -0.25) is 14.4 Å². The summed E-state index contributed by atoms with van der Waals surface area (Å²) in [4.78, 5) is 45.7. The molecule has 2 unspecified atom stereocenters. The fraction of sp³-hybridized carbons (Fsp3) is 0.333. The van der Waals surface area contributed by atoms with E-state index >= 15 is 0 Å². The smallest absolute Gasteiger partial charge is 0.258 e. The van der Waals surface area contributed by atoms with Gasteiger partial charge < -0.3 is 20.4 Å². The van der Waals surface area contributed by atoms with Gasteiger partial charge >= 0.3 is 0 Å². The van der Waals surface area contributed by atoms with Crippen LogP contribution in [0.5, 0.6) is 0 Å². The lowest BCUT2D eigenvalue weighted by Gasteiger charge is -2.19. The van der Waals surface area contributed by atoms with Crippen molar-refractivity contribution in [3.8, 4) is 0 Å². The van der Waals surface area contributed by atoms with E-state index < -0.39 is 0 Å². The molecular formula is C27H29N5O3. The van der Waals surface area contributed by atoms with Gasteiger partial charge in [0.15, 0.2) is 0 Å². The highest BCUT2D eigenvalue weighted by molar-refractivity contribution is 6.08. The third kappa shape index (κ3) is 4.88. The number of fused-ring (bicyclic) bond motifs is 2. The second kappa shape index (κ2) is 9.84. The van der Waals surface area contributed by atoms with Crippen LogP contribution in [0.1, 0.15) is 27.9 Å². The van der Waals surface area contributed by atoms with Gasteiger partial charge in [0.05, 0.1) is 5.56 Å². The number of benzene rings is 1. The lowest BCUT2D eigenvalue weighted by molar-refractivity contribution is -0.125. The Kier molecular flexibility index (Phi) is 6.46. The standard InChI is InChI=1S/C27H29N5O3/c1-28-9-10-31-17-24(33)30-26-23(27(31)35)11-18(14-29-26)7-8-25(34)32-15-21-12-20(13-22(21)16-32)19-5-3-2-4-6-19/h2-8,11-12,14,21-22,28H,9-10,13,15-17H2,1H3,(H,29,30,33)/b8-7+. The highest BCUT2D eigenvalue weighted by atomic mass is 16.2. The summed E-state index contributed by atoms with van der Waals surface area (Å²) in [6.45, 7) is 2.44. The van der Waals surface area contributed by atoms with Crippen LogP contribution in [-0.2, 0) is 9.59 Å². The average molecular weight is 472 g/mol. The van der Waals surface area contributed by atoms with Crippen molar-refractivity contribution in [3.05, 3.63) is 71.4 Å². The molecule has 2 aliphatic heterocycles. The molecule has 5 rings (SSSR count). The Morgan fingerprint density at radius 3 is 2.83 bits per heavy atom. The van der Waals surface area contributed by atoms with E-state index in [1.165, 1.54) is 16.0 Å². The predicted molar refractivity (Wildman–Crippen MR) is 134 cm³/mol. The van der Waals surface area contributed by atoms with E-state index in [1.807, 2.05) is 11.0 Å². The molecule has 8 heteroatoms. The largest absolute Gasteiger partial charge is 0.338 e. The SMILES string of the molecule is CNCCN1CC(=O)Nc2ncc(/C=C/C(=O)N3CC4C=C(c5ccccc5)CC4C3)cc2C1=O. The number of aromatic nitrogens is 1. The average Bonchev–Trinajstić information content (AvgIpc) is 3.42. The number of carbonyl (C=O) groups excluding carboxylic acids is 3. The van der Waals surface area contributed by atoms with Crippen LogP contribution in [0.2, 0.25) is 0 Å². The number of carbonyl (C=O) groups is 3. The maximum Gasteiger partial charge on any atom is 0.258 e. The maximum atomic E-state index is 13.0. The minimum Gasteiger partial charge on any atom is -0.338 e. The van der Waals surface area contributed by atoms with Gasteiger partial charge in [0.2, 0.25) is 11.8 Å². The fourth-order valence-corrected chi connectivity index (χ4v) is 5.08. The summed E-state index contributed by atoms with van der Waals surface area (Å²) in [7, 11) is 1.80. The third-order valence-electron chi connectivity index (χ3n) is 6.91. The normalized spacial score (nSPS) is 21.6. The van der Waals surface area contributed by atoms with E-state index in [2.05, 4.69) is 46.0 Å². The summed E-state index contributed by atoms with van der Waals surface area (Å²) >= 11 is 0. The molecule has 3 amide bonds. The van der Waals surface area contributed by atoms with Crippen molar-refractivity contribution in [2.24, 2.45) is 11.8 Å². The van der Waals surface area contributed by atoms with E-state index in [9.17, 15) is 14.4 Å². The van der Waals surface area contributed by atoms with E-state index in [0.717, 1.165) is 19.5 Å². The Bertz CT molecular complexity index is 1210. The highest BCUT2D eigenvalue weighted by Gasteiger charge is 2.37. The topological polar surface area (TPSA) is 94.6 Å². The molecule has 2 aromatic rings. The lowest BCUT2D eigenvalue weighted by Crippen LogP contribution is -2.39. The van der Waals surface area contributed by atoms with Crippen LogP contribution in [0.4, 0.5) is 5.82 Å². The molecule has 0 bridgehead atoms. The van der Waals surface area contributed by atoms with Gasteiger partial charge in [-0.2, -0.15) is 0 Å². The summed E-state index contributed by atoms with van der Waals surface area (Å²) in [5, 5.41) is 5.69.